The molecule has 4 heteroatoms. The average Bonchev–Trinajstić information content (AvgIpc) is 2.49. The van der Waals surface area contributed by atoms with Crippen molar-refractivity contribution in [3.8, 4) is 0 Å². The van der Waals surface area contributed by atoms with Crippen molar-refractivity contribution in [3.05, 3.63) is 57.7 Å². The van der Waals surface area contributed by atoms with E-state index in [1.165, 1.54) is 22.0 Å². The minimum Gasteiger partial charge on any atom is -0.332 e. The summed E-state index contributed by atoms with van der Waals surface area (Å²) in [7, 11) is 0. The molecule has 0 aliphatic heterocycles. The molecule has 2 rings (SSSR count). The summed E-state index contributed by atoms with van der Waals surface area (Å²) < 4.78 is 1.21. The van der Waals surface area contributed by atoms with E-state index in [-0.39, 0.29) is 0 Å². The van der Waals surface area contributed by atoms with Crippen LogP contribution in [0.5, 0.6) is 0 Å². The molecule has 0 unspecified atom stereocenters. The first-order valence-electron chi connectivity index (χ1n) is 7.10. The summed E-state index contributed by atoms with van der Waals surface area (Å²) >= 11 is 7.61. The zero-order chi connectivity index (χ0) is 15.1. The molecule has 2 aromatic rings. The van der Waals surface area contributed by atoms with E-state index in [2.05, 4.69) is 64.4 Å². The number of rotatable bonds is 5. The Hall–Kier alpha value is -1.14. The molecule has 0 heterocycles. The molecule has 0 aliphatic carbocycles. The number of hydrogen-bond donors (Lipinski definition) is 2. The van der Waals surface area contributed by atoms with Crippen molar-refractivity contribution in [2.45, 2.75) is 26.2 Å². The average molecular weight is 410 g/mol. The minimum atomic E-state index is 0.609. The summed E-state index contributed by atoms with van der Waals surface area (Å²) in [5.41, 5.74) is 3.38. The van der Waals surface area contributed by atoms with Crippen LogP contribution in [-0.4, -0.2) is 5.11 Å². The van der Waals surface area contributed by atoms with Crippen molar-refractivity contribution in [2.24, 2.45) is 0 Å². The Bertz CT molecular complexity index is 579. The van der Waals surface area contributed by atoms with Crippen molar-refractivity contribution in [1.29, 1.82) is 0 Å². The first-order chi connectivity index (χ1) is 10.2. The maximum atomic E-state index is 5.33. The molecular weight excluding hydrogens is 391 g/mol. The molecule has 2 nitrogen and oxygen atoms in total. The summed E-state index contributed by atoms with van der Waals surface area (Å²) in [6.45, 7) is 2.21. The Morgan fingerprint density at radius 1 is 0.952 bits per heavy atom. The van der Waals surface area contributed by atoms with Crippen LogP contribution in [0.25, 0.3) is 0 Å². The standard InChI is InChI=1S/C17H19IN2S/c1-2-3-4-13-5-9-15(10-6-13)19-17(21)20-16-11-7-14(18)8-12-16/h5-12H,2-4H2,1H3,(H2,19,20,21). The second-order valence-corrected chi connectivity index (χ2v) is 6.54. The smallest absolute Gasteiger partial charge is 0.175 e. The fraction of sp³-hybridized carbons (Fsp3) is 0.235. The van der Waals surface area contributed by atoms with Gasteiger partial charge in [-0.1, -0.05) is 25.5 Å². The van der Waals surface area contributed by atoms with Gasteiger partial charge < -0.3 is 10.6 Å². The SMILES string of the molecule is CCCCc1ccc(NC(=S)Nc2ccc(I)cc2)cc1. The Balaban J connectivity index is 1.88. The van der Waals surface area contributed by atoms with E-state index in [9.17, 15) is 0 Å². The quantitative estimate of drug-likeness (QED) is 0.507. The van der Waals surface area contributed by atoms with E-state index in [1.54, 1.807) is 0 Å². The van der Waals surface area contributed by atoms with E-state index in [0.717, 1.165) is 17.8 Å². The highest BCUT2D eigenvalue weighted by molar-refractivity contribution is 14.1. The van der Waals surface area contributed by atoms with Crippen LogP contribution < -0.4 is 10.6 Å². The highest BCUT2D eigenvalue weighted by Gasteiger charge is 1.99. The van der Waals surface area contributed by atoms with Gasteiger partial charge in [-0.25, -0.2) is 0 Å². The number of aryl methyl sites for hydroxylation is 1. The van der Waals surface area contributed by atoms with E-state index in [0.29, 0.717) is 5.11 Å². The predicted molar refractivity (Wildman–Crippen MR) is 104 cm³/mol. The van der Waals surface area contributed by atoms with Gasteiger partial charge in [0.15, 0.2) is 5.11 Å². The van der Waals surface area contributed by atoms with Gasteiger partial charge in [0.2, 0.25) is 0 Å². The maximum absolute atomic E-state index is 5.33. The third-order valence-corrected chi connectivity index (χ3v) is 4.06. The molecule has 0 saturated carbocycles. The highest BCUT2D eigenvalue weighted by atomic mass is 127. The number of halogens is 1. The Labute approximate surface area is 145 Å². The second kappa shape index (κ2) is 8.34. The van der Waals surface area contributed by atoms with E-state index < -0.39 is 0 Å². The molecule has 0 spiro atoms. The van der Waals surface area contributed by atoms with Crippen LogP contribution in [0.2, 0.25) is 0 Å². The lowest BCUT2D eigenvalue weighted by atomic mass is 10.1. The Morgan fingerprint density at radius 3 is 2.00 bits per heavy atom. The van der Waals surface area contributed by atoms with Gasteiger partial charge in [0, 0.05) is 14.9 Å². The largest absolute Gasteiger partial charge is 0.332 e. The lowest BCUT2D eigenvalue weighted by Gasteiger charge is -2.11. The fourth-order valence-corrected chi connectivity index (χ4v) is 2.56. The van der Waals surface area contributed by atoms with Gasteiger partial charge >= 0.3 is 0 Å². The zero-order valence-electron chi connectivity index (χ0n) is 12.0. The Kier molecular flexibility index (Phi) is 6.45. The third-order valence-electron chi connectivity index (χ3n) is 3.13. The van der Waals surface area contributed by atoms with Gasteiger partial charge in [-0.15, -0.1) is 0 Å². The summed E-state index contributed by atoms with van der Waals surface area (Å²) in [4.78, 5) is 0. The number of thiocarbonyl (C=S) groups is 1. The molecule has 0 atom stereocenters. The molecule has 0 aromatic heterocycles. The number of hydrogen-bond acceptors (Lipinski definition) is 1. The van der Waals surface area contributed by atoms with E-state index >= 15 is 0 Å². The Morgan fingerprint density at radius 2 is 1.48 bits per heavy atom. The summed E-state index contributed by atoms with van der Waals surface area (Å²) in [5, 5.41) is 7.00. The van der Waals surface area contributed by atoms with Crippen LogP contribution >= 0.6 is 34.8 Å². The van der Waals surface area contributed by atoms with Gasteiger partial charge in [-0.05, 0) is 89.6 Å². The monoisotopic (exact) mass is 410 g/mol. The molecule has 110 valence electrons. The van der Waals surface area contributed by atoms with Crippen molar-refractivity contribution in [1.82, 2.24) is 0 Å². The first kappa shape index (κ1) is 16.2. The van der Waals surface area contributed by atoms with Crippen LogP contribution in [-0.2, 0) is 6.42 Å². The summed E-state index contributed by atoms with van der Waals surface area (Å²) in [5.74, 6) is 0. The van der Waals surface area contributed by atoms with Gasteiger partial charge in [-0.3, -0.25) is 0 Å². The van der Waals surface area contributed by atoms with Crippen molar-refractivity contribution in [3.63, 3.8) is 0 Å². The molecule has 0 saturated heterocycles. The van der Waals surface area contributed by atoms with Crippen LogP contribution in [0, 0.1) is 3.57 Å². The lowest BCUT2D eigenvalue weighted by Crippen LogP contribution is -2.18. The molecule has 0 bridgehead atoms. The number of benzene rings is 2. The predicted octanol–water partition coefficient (Wildman–Crippen LogP) is 5.44. The summed E-state index contributed by atoms with van der Waals surface area (Å²) in [6, 6.07) is 16.6. The first-order valence-corrected chi connectivity index (χ1v) is 8.58. The number of nitrogens with one attached hydrogen (secondary N) is 2. The lowest BCUT2D eigenvalue weighted by molar-refractivity contribution is 0.795. The molecule has 2 N–H and O–H groups in total. The van der Waals surface area contributed by atoms with Gasteiger partial charge in [0.05, 0.1) is 0 Å². The molecule has 0 fully saturated rings. The van der Waals surface area contributed by atoms with Crippen LogP contribution in [0.3, 0.4) is 0 Å². The van der Waals surface area contributed by atoms with Crippen molar-refractivity contribution >= 4 is 51.3 Å². The van der Waals surface area contributed by atoms with Gasteiger partial charge in [-0.2, -0.15) is 0 Å². The van der Waals surface area contributed by atoms with Gasteiger partial charge in [0.1, 0.15) is 0 Å². The number of anilines is 2. The number of unbranched alkanes of at least 4 members (excludes halogenated alkanes) is 1. The van der Waals surface area contributed by atoms with Crippen LogP contribution in [0.4, 0.5) is 11.4 Å². The van der Waals surface area contributed by atoms with Crippen molar-refractivity contribution < 1.29 is 0 Å². The minimum absolute atomic E-state index is 0.609. The van der Waals surface area contributed by atoms with Gasteiger partial charge in [0.25, 0.3) is 0 Å². The second-order valence-electron chi connectivity index (χ2n) is 4.89. The van der Waals surface area contributed by atoms with E-state index in [1.807, 2.05) is 24.3 Å². The molecular formula is C17H19IN2S. The normalized spacial score (nSPS) is 10.2. The molecule has 21 heavy (non-hydrogen) atoms. The molecule has 0 radical (unpaired) electrons. The zero-order valence-corrected chi connectivity index (χ0v) is 15.0. The topological polar surface area (TPSA) is 24.1 Å². The molecule has 0 aliphatic rings. The third kappa shape index (κ3) is 5.63. The molecule has 2 aromatic carbocycles. The summed E-state index contributed by atoms with van der Waals surface area (Å²) in [6.07, 6.45) is 3.60. The van der Waals surface area contributed by atoms with Crippen LogP contribution in [0.1, 0.15) is 25.3 Å². The van der Waals surface area contributed by atoms with Crippen molar-refractivity contribution in [2.75, 3.05) is 10.6 Å². The maximum Gasteiger partial charge on any atom is 0.175 e. The van der Waals surface area contributed by atoms with Crippen LogP contribution in [0.15, 0.2) is 48.5 Å². The fourth-order valence-electron chi connectivity index (χ4n) is 1.96. The van der Waals surface area contributed by atoms with E-state index in [4.69, 9.17) is 12.2 Å². The highest BCUT2D eigenvalue weighted by Crippen LogP contribution is 2.14. The molecule has 0 amide bonds.